The van der Waals surface area contributed by atoms with E-state index in [1.54, 1.807) is 0 Å². The second-order valence-corrected chi connectivity index (χ2v) is 4.91. The Morgan fingerprint density at radius 2 is 2.00 bits per heavy atom. The average molecular weight is 198 g/mol. The minimum absolute atomic E-state index is 0.593. The van der Waals surface area contributed by atoms with Gasteiger partial charge in [0, 0.05) is 18.6 Å². The molecule has 0 aromatic rings. The molecule has 0 aromatic heterocycles. The van der Waals surface area contributed by atoms with Crippen molar-refractivity contribution in [1.29, 1.82) is 0 Å². The summed E-state index contributed by atoms with van der Waals surface area (Å²) in [7, 11) is 2.03. The molecular formula is C12H26N2. The third kappa shape index (κ3) is 4.43. The number of nitrogens with one attached hydrogen (secondary N) is 2. The molecule has 1 saturated carbocycles. The van der Waals surface area contributed by atoms with Gasteiger partial charge in [0.25, 0.3) is 0 Å². The lowest BCUT2D eigenvalue weighted by molar-refractivity contribution is 0.421. The Kier molecular flexibility index (Phi) is 5.49. The van der Waals surface area contributed by atoms with Gasteiger partial charge in [-0.3, -0.25) is 0 Å². The molecule has 0 radical (unpaired) electrons. The van der Waals surface area contributed by atoms with Crippen LogP contribution >= 0.6 is 0 Å². The second-order valence-electron chi connectivity index (χ2n) is 4.91. The van der Waals surface area contributed by atoms with E-state index in [2.05, 4.69) is 24.5 Å². The van der Waals surface area contributed by atoms with E-state index in [9.17, 15) is 0 Å². The van der Waals surface area contributed by atoms with Crippen LogP contribution in [0.1, 0.15) is 46.0 Å². The lowest BCUT2D eigenvalue weighted by Gasteiger charge is -2.19. The maximum Gasteiger partial charge on any atom is 0.0161 e. The Balaban J connectivity index is 2.17. The van der Waals surface area contributed by atoms with Crippen molar-refractivity contribution >= 4 is 0 Å². The van der Waals surface area contributed by atoms with Gasteiger partial charge < -0.3 is 10.6 Å². The molecule has 3 atom stereocenters. The summed E-state index contributed by atoms with van der Waals surface area (Å²) in [5, 5.41) is 6.94. The molecule has 0 aromatic carbocycles. The first kappa shape index (κ1) is 12.0. The zero-order valence-corrected chi connectivity index (χ0v) is 9.97. The quantitative estimate of drug-likeness (QED) is 0.676. The van der Waals surface area contributed by atoms with E-state index in [0.29, 0.717) is 6.04 Å². The average Bonchev–Trinajstić information content (AvgIpc) is 2.39. The summed E-state index contributed by atoms with van der Waals surface area (Å²) in [4.78, 5) is 0. The van der Waals surface area contributed by atoms with Crippen LogP contribution < -0.4 is 10.6 Å². The zero-order chi connectivity index (χ0) is 10.4. The molecule has 1 fully saturated rings. The smallest absolute Gasteiger partial charge is 0.0161 e. The fraction of sp³-hybridized carbons (Fsp3) is 1.00. The zero-order valence-electron chi connectivity index (χ0n) is 9.97. The fourth-order valence-electron chi connectivity index (χ4n) is 2.14. The van der Waals surface area contributed by atoms with Crippen molar-refractivity contribution in [3.05, 3.63) is 0 Å². The molecule has 0 saturated heterocycles. The van der Waals surface area contributed by atoms with Crippen LogP contribution in [0, 0.1) is 5.92 Å². The Morgan fingerprint density at radius 1 is 1.21 bits per heavy atom. The minimum Gasteiger partial charge on any atom is -0.316 e. The number of hydrogen-bond donors (Lipinski definition) is 2. The largest absolute Gasteiger partial charge is 0.316 e. The molecular weight excluding hydrogens is 172 g/mol. The van der Waals surface area contributed by atoms with Gasteiger partial charge in [-0.2, -0.15) is 0 Å². The summed E-state index contributed by atoms with van der Waals surface area (Å²) in [5.41, 5.74) is 0. The molecule has 0 heterocycles. The maximum absolute atomic E-state index is 3.67. The van der Waals surface area contributed by atoms with E-state index in [0.717, 1.165) is 18.5 Å². The van der Waals surface area contributed by atoms with Gasteiger partial charge in [0.1, 0.15) is 0 Å². The van der Waals surface area contributed by atoms with E-state index < -0.39 is 0 Å². The van der Waals surface area contributed by atoms with E-state index in [1.807, 2.05) is 7.05 Å². The normalized spacial score (nSPS) is 31.1. The molecule has 1 rings (SSSR count). The molecule has 0 bridgehead atoms. The summed E-state index contributed by atoms with van der Waals surface area (Å²) >= 11 is 0. The van der Waals surface area contributed by atoms with Crippen molar-refractivity contribution in [2.75, 3.05) is 13.6 Å². The Hall–Kier alpha value is -0.0800. The lowest BCUT2D eigenvalue weighted by atomic mass is 10.0. The highest BCUT2D eigenvalue weighted by Gasteiger charge is 2.15. The molecule has 0 amide bonds. The van der Waals surface area contributed by atoms with Crippen LogP contribution in [0.15, 0.2) is 0 Å². The van der Waals surface area contributed by atoms with Gasteiger partial charge in [0.2, 0.25) is 0 Å². The van der Waals surface area contributed by atoms with Crippen LogP contribution in [0.5, 0.6) is 0 Å². The first-order valence-corrected chi connectivity index (χ1v) is 6.13. The van der Waals surface area contributed by atoms with Crippen molar-refractivity contribution < 1.29 is 0 Å². The predicted molar refractivity (Wildman–Crippen MR) is 62.6 cm³/mol. The molecule has 2 N–H and O–H groups in total. The van der Waals surface area contributed by atoms with Gasteiger partial charge in [-0.05, 0) is 39.2 Å². The molecule has 2 heteroatoms. The van der Waals surface area contributed by atoms with Crippen molar-refractivity contribution in [1.82, 2.24) is 10.6 Å². The lowest BCUT2D eigenvalue weighted by Crippen LogP contribution is -2.39. The molecule has 1 aliphatic carbocycles. The molecule has 84 valence electrons. The summed E-state index contributed by atoms with van der Waals surface area (Å²) in [6.45, 7) is 5.72. The van der Waals surface area contributed by atoms with Gasteiger partial charge >= 0.3 is 0 Å². The summed E-state index contributed by atoms with van der Waals surface area (Å²) in [5.74, 6) is 0.948. The van der Waals surface area contributed by atoms with Crippen LogP contribution in [0.4, 0.5) is 0 Å². The highest BCUT2D eigenvalue weighted by atomic mass is 15.0. The first-order valence-electron chi connectivity index (χ1n) is 6.13. The van der Waals surface area contributed by atoms with Gasteiger partial charge in [0.15, 0.2) is 0 Å². The molecule has 0 spiro atoms. The third-order valence-electron chi connectivity index (χ3n) is 3.46. The number of likely N-dealkylation sites (N-methyl/N-ethyl adjacent to an activating group) is 1. The van der Waals surface area contributed by atoms with Crippen LogP contribution in [-0.2, 0) is 0 Å². The monoisotopic (exact) mass is 198 g/mol. The van der Waals surface area contributed by atoms with E-state index >= 15 is 0 Å². The van der Waals surface area contributed by atoms with E-state index in [-0.39, 0.29) is 0 Å². The third-order valence-corrected chi connectivity index (χ3v) is 3.46. The summed E-state index contributed by atoms with van der Waals surface area (Å²) in [6.07, 6.45) is 7.00. The van der Waals surface area contributed by atoms with Gasteiger partial charge in [-0.15, -0.1) is 0 Å². The topological polar surface area (TPSA) is 24.1 Å². The van der Waals surface area contributed by atoms with Crippen LogP contribution in [0.25, 0.3) is 0 Å². The standard InChI is InChI=1S/C12H26N2/c1-10-5-4-6-12(8-7-10)14-9-11(2)13-3/h10-14H,4-9H2,1-3H3. The Bertz CT molecular complexity index is 147. The Morgan fingerprint density at radius 3 is 2.71 bits per heavy atom. The fourth-order valence-corrected chi connectivity index (χ4v) is 2.14. The maximum atomic E-state index is 3.67. The summed E-state index contributed by atoms with van der Waals surface area (Å²) in [6, 6.07) is 1.37. The van der Waals surface area contributed by atoms with Crippen LogP contribution in [0.2, 0.25) is 0 Å². The highest BCUT2D eigenvalue weighted by molar-refractivity contribution is 4.75. The number of rotatable bonds is 4. The summed E-state index contributed by atoms with van der Waals surface area (Å²) < 4.78 is 0. The predicted octanol–water partition coefficient (Wildman–Crippen LogP) is 2.15. The Labute approximate surface area is 88.8 Å². The van der Waals surface area contributed by atoms with Gasteiger partial charge in [0.05, 0.1) is 0 Å². The van der Waals surface area contributed by atoms with E-state index in [4.69, 9.17) is 0 Å². The van der Waals surface area contributed by atoms with E-state index in [1.165, 1.54) is 32.1 Å². The van der Waals surface area contributed by atoms with Crippen molar-refractivity contribution in [3.63, 3.8) is 0 Å². The van der Waals surface area contributed by atoms with Gasteiger partial charge in [-0.1, -0.05) is 19.8 Å². The minimum atomic E-state index is 0.593. The molecule has 1 aliphatic rings. The van der Waals surface area contributed by atoms with Gasteiger partial charge in [-0.25, -0.2) is 0 Å². The van der Waals surface area contributed by atoms with Crippen molar-refractivity contribution in [3.8, 4) is 0 Å². The first-order chi connectivity index (χ1) is 6.72. The number of hydrogen-bond acceptors (Lipinski definition) is 2. The molecule has 3 unspecified atom stereocenters. The molecule has 0 aliphatic heterocycles. The molecule has 14 heavy (non-hydrogen) atoms. The highest BCUT2D eigenvalue weighted by Crippen LogP contribution is 2.22. The second kappa shape index (κ2) is 6.41. The van der Waals surface area contributed by atoms with Crippen LogP contribution in [0.3, 0.4) is 0 Å². The SMILES string of the molecule is CNC(C)CNC1CCCC(C)CC1. The van der Waals surface area contributed by atoms with Crippen molar-refractivity contribution in [2.45, 2.75) is 58.0 Å². The molecule has 2 nitrogen and oxygen atoms in total. The van der Waals surface area contributed by atoms with Crippen LogP contribution in [-0.4, -0.2) is 25.7 Å². The van der Waals surface area contributed by atoms with Crippen molar-refractivity contribution in [2.24, 2.45) is 5.92 Å².